The van der Waals surface area contributed by atoms with Crippen molar-refractivity contribution in [1.82, 2.24) is 0 Å². The summed E-state index contributed by atoms with van der Waals surface area (Å²) < 4.78 is 11.3. The number of hydrogen-bond donors (Lipinski definition) is 3. The normalized spacial score (nSPS) is 40.7. The van der Waals surface area contributed by atoms with Crippen molar-refractivity contribution >= 4 is 0 Å². The number of piperidine rings is 2. The zero-order valence-electron chi connectivity index (χ0n) is 16.6. The number of aliphatic hydroxyl groups excluding tert-OH is 1. The maximum Gasteiger partial charge on any atom is 0.240 e. The molecule has 1 aromatic rings. The zero-order valence-corrected chi connectivity index (χ0v) is 16.6. The van der Waals surface area contributed by atoms with E-state index in [1.165, 1.54) is 5.56 Å². The minimum Gasteiger partial charge on any atom is -0.493 e. The topological polar surface area (TPSA) is 47.6 Å². The van der Waals surface area contributed by atoms with Crippen LogP contribution in [0.25, 0.3) is 0 Å². The predicted octanol–water partition coefficient (Wildman–Crippen LogP) is 0.0568. The Kier molecular flexibility index (Phi) is 4.45. The maximum atomic E-state index is 11.2. The summed E-state index contributed by atoms with van der Waals surface area (Å²) >= 11 is 0. The van der Waals surface area contributed by atoms with Crippen LogP contribution in [0.2, 0.25) is 0 Å². The molecule has 0 aliphatic carbocycles. The molecule has 0 saturated carbocycles. The average Bonchev–Trinajstić information content (AvgIpc) is 2.65. The number of aliphatic hydroxyl groups is 1. The molecule has 0 amide bonds. The van der Waals surface area contributed by atoms with E-state index in [4.69, 9.17) is 9.47 Å². The Labute approximate surface area is 156 Å². The fourth-order valence-corrected chi connectivity index (χ4v) is 6.29. The van der Waals surface area contributed by atoms with Gasteiger partial charge in [0.05, 0.1) is 62.4 Å². The molecule has 0 spiro atoms. The van der Waals surface area contributed by atoms with Gasteiger partial charge in [-0.2, -0.15) is 0 Å². The van der Waals surface area contributed by atoms with Crippen molar-refractivity contribution in [2.75, 3.05) is 39.9 Å². The van der Waals surface area contributed by atoms with E-state index in [0.717, 1.165) is 50.5 Å². The molecule has 0 atom stereocenters. The quantitative estimate of drug-likeness (QED) is 0.671. The van der Waals surface area contributed by atoms with Gasteiger partial charge in [-0.05, 0) is 38.0 Å². The first-order valence-electron chi connectivity index (χ1n) is 10.2. The predicted molar refractivity (Wildman–Crippen MR) is 99.8 cm³/mol. The number of nitrogens with one attached hydrogen (secondary N) is 2. The standard InChI is InChI=1S/C21H32N2O3/c1-5-20-11-22-13-21(6-2,19(20)24)14-23(12-20)18(22)15-8-9-16(26-7-3)17(10-15)25-4/h8-10,18-19,24H,5-7,11-14H2,1-4H3/p+2. The van der Waals surface area contributed by atoms with Crippen LogP contribution in [0.5, 0.6) is 11.5 Å². The summed E-state index contributed by atoms with van der Waals surface area (Å²) in [6.07, 6.45) is 2.43. The first kappa shape index (κ1) is 18.1. The van der Waals surface area contributed by atoms with Gasteiger partial charge in [0, 0.05) is 0 Å². The van der Waals surface area contributed by atoms with E-state index in [2.05, 4.69) is 32.0 Å². The number of rotatable bonds is 6. The van der Waals surface area contributed by atoms with Gasteiger partial charge in [-0.1, -0.05) is 13.8 Å². The second kappa shape index (κ2) is 6.39. The van der Waals surface area contributed by atoms with E-state index >= 15 is 0 Å². The van der Waals surface area contributed by atoms with Gasteiger partial charge >= 0.3 is 0 Å². The van der Waals surface area contributed by atoms with Gasteiger partial charge in [0.15, 0.2) is 11.5 Å². The monoisotopic (exact) mass is 362 g/mol. The Bertz CT molecular complexity index is 637. The summed E-state index contributed by atoms with van der Waals surface area (Å²) in [7, 11) is 1.72. The van der Waals surface area contributed by atoms with Crippen molar-refractivity contribution in [2.24, 2.45) is 10.8 Å². The highest BCUT2D eigenvalue weighted by atomic mass is 16.5. The minimum atomic E-state index is -0.145. The van der Waals surface area contributed by atoms with Crippen LogP contribution >= 0.6 is 0 Å². The summed E-state index contributed by atoms with van der Waals surface area (Å²) in [5, 5.41) is 11.2. The molecule has 4 bridgehead atoms. The lowest BCUT2D eigenvalue weighted by Gasteiger charge is -2.64. The van der Waals surface area contributed by atoms with E-state index in [1.807, 2.05) is 6.92 Å². The van der Waals surface area contributed by atoms with Crippen LogP contribution in [0, 0.1) is 10.8 Å². The van der Waals surface area contributed by atoms with Crippen molar-refractivity contribution < 1.29 is 24.4 Å². The lowest BCUT2D eigenvalue weighted by Crippen LogP contribution is -3.41. The smallest absolute Gasteiger partial charge is 0.240 e. The molecular weight excluding hydrogens is 328 g/mol. The Balaban J connectivity index is 1.69. The van der Waals surface area contributed by atoms with Gasteiger partial charge in [0.25, 0.3) is 0 Å². The Morgan fingerprint density at radius 2 is 1.58 bits per heavy atom. The van der Waals surface area contributed by atoms with E-state index in [-0.39, 0.29) is 16.9 Å². The molecule has 5 heteroatoms. The van der Waals surface area contributed by atoms with E-state index in [9.17, 15) is 5.11 Å². The number of quaternary nitrogens is 2. The van der Waals surface area contributed by atoms with Crippen LogP contribution in [0.4, 0.5) is 0 Å². The summed E-state index contributed by atoms with van der Waals surface area (Å²) in [5.41, 5.74) is 1.51. The first-order chi connectivity index (χ1) is 12.5. The highest BCUT2D eigenvalue weighted by Gasteiger charge is 2.69. The van der Waals surface area contributed by atoms with Crippen LogP contribution < -0.4 is 19.3 Å². The van der Waals surface area contributed by atoms with Crippen LogP contribution in [-0.4, -0.2) is 51.1 Å². The molecule has 5 nitrogen and oxygen atoms in total. The maximum absolute atomic E-state index is 11.2. The van der Waals surface area contributed by atoms with Gasteiger partial charge in [0.2, 0.25) is 6.17 Å². The molecule has 4 saturated heterocycles. The molecule has 3 N–H and O–H groups in total. The SMILES string of the molecule is CCOc1ccc(C2[NH+]3CC4(CC)C[NH+]2CC(CC)(C3)C4O)cc1OC. The van der Waals surface area contributed by atoms with Gasteiger partial charge in [0.1, 0.15) is 0 Å². The number of methoxy groups -OCH3 is 1. The van der Waals surface area contributed by atoms with E-state index in [1.54, 1.807) is 16.9 Å². The molecule has 4 aliphatic rings. The molecule has 144 valence electrons. The van der Waals surface area contributed by atoms with E-state index in [0.29, 0.717) is 12.8 Å². The number of ether oxygens (including phenoxy) is 2. The van der Waals surface area contributed by atoms with Crippen molar-refractivity contribution in [1.29, 1.82) is 0 Å². The molecule has 1 aromatic carbocycles. The number of benzene rings is 1. The minimum absolute atomic E-state index is 0.0863. The van der Waals surface area contributed by atoms with Gasteiger partial charge in [-0.3, -0.25) is 9.80 Å². The Morgan fingerprint density at radius 1 is 1.00 bits per heavy atom. The Hall–Kier alpha value is -1.30. The van der Waals surface area contributed by atoms with E-state index < -0.39 is 0 Å². The lowest BCUT2D eigenvalue weighted by molar-refractivity contribution is -1.19. The fourth-order valence-electron chi connectivity index (χ4n) is 6.29. The molecule has 4 aliphatic heterocycles. The van der Waals surface area contributed by atoms with Gasteiger partial charge in [-0.25, -0.2) is 0 Å². The van der Waals surface area contributed by atoms with Crippen molar-refractivity contribution in [3.8, 4) is 11.5 Å². The molecular formula is C21H34N2O3+2. The largest absolute Gasteiger partial charge is 0.493 e. The third-order valence-electron chi connectivity index (χ3n) is 7.52. The van der Waals surface area contributed by atoms with Crippen molar-refractivity contribution in [3.05, 3.63) is 23.8 Å². The van der Waals surface area contributed by atoms with Crippen molar-refractivity contribution in [3.63, 3.8) is 0 Å². The van der Waals surface area contributed by atoms with Gasteiger partial charge in [-0.15, -0.1) is 0 Å². The van der Waals surface area contributed by atoms with Gasteiger partial charge < -0.3 is 14.6 Å². The average molecular weight is 363 g/mol. The summed E-state index contributed by atoms with van der Waals surface area (Å²) in [5.74, 6) is 1.65. The second-order valence-electron chi connectivity index (χ2n) is 8.63. The molecule has 4 fully saturated rings. The molecule has 0 unspecified atom stereocenters. The van der Waals surface area contributed by atoms with Crippen LogP contribution in [0.15, 0.2) is 18.2 Å². The summed E-state index contributed by atoms with van der Waals surface area (Å²) in [6.45, 7) is 11.5. The molecule has 0 radical (unpaired) electrons. The molecule has 26 heavy (non-hydrogen) atoms. The third kappa shape index (κ3) is 2.40. The van der Waals surface area contributed by atoms with Crippen LogP contribution in [-0.2, 0) is 0 Å². The fraction of sp³-hybridized carbons (Fsp3) is 0.714. The zero-order chi connectivity index (χ0) is 18.5. The van der Waals surface area contributed by atoms with Crippen LogP contribution in [0.3, 0.4) is 0 Å². The Morgan fingerprint density at radius 3 is 2.04 bits per heavy atom. The molecule has 4 heterocycles. The molecule has 0 aromatic heterocycles. The summed E-state index contributed by atoms with van der Waals surface area (Å²) in [6, 6.07) is 6.45. The molecule has 5 rings (SSSR count). The number of hydrogen-bond acceptors (Lipinski definition) is 3. The lowest BCUT2D eigenvalue weighted by atomic mass is 9.57. The highest BCUT2D eigenvalue weighted by Crippen LogP contribution is 2.44. The van der Waals surface area contributed by atoms with Crippen LogP contribution in [0.1, 0.15) is 45.3 Å². The summed E-state index contributed by atoms with van der Waals surface area (Å²) in [4.78, 5) is 3.27. The highest BCUT2D eigenvalue weighted by molar-refractivity contribution is 5.43. The second-order valence-corrected chi connectivity index (χ2v) is 8.63. The third-order valence-corrected chi connectivity index (χ3v) is 7.52. The first-order valence-corrected chi connectivity index (χ1v) is 10.2. The van der Waals surface area contributed by atoms with Crippen molar-refractivity contribution in [2.45, 2.75) is 45.9 Å².